The average Bonchev–Trinajstić information content (AvgIpc) is 3.16. The van der Waals surface area contributed by atoms with E-state index in [0.717, 1.165) is 98.7 Å². The molecule has 0 unspecified atom stereocenters. The molecule has 4 aromatic rings. The van der Waals surface area contributed by atoms with Crippen LogP contribution in [0.25, 0.3) is 11.1 Å². The van der Waals surface area contributed by atoms with E-state index in [9.17, 15) is 18.0 Å². The second kappa shape index (κ2) is 17.1. The van der Waals surface area contributed by atoms with Crippen LogP contribution < -0.4 is 15.8 Å². The molecule has 2 aliphatic heterocycles. The maximum absolute atomic E-state index is 13.9. The van der Waals surface area contributed by atoms with Gasteiger partial charge in [0.25, 0.3) is 11.5 Å². The number of carbonyl (C=O) groups excluding carboxylic acids is 1. The summed E-state index contributed by atoms with van der Waals surface area (Å²) in [4.78, 5) is 34.6. The number of likely N-dealkylation sites (tertiary alicyclic amines) is 1. The molecule has 2 saturated heterocycles. The van der Waals surface area contributed by atoms with E-state index in [4.69, 9.17) is 4.74 Å². The summed E-state index contributed by atoms with van der Waals surface area (Å²) in [6, 6.07) is 23.6. The second-order valence-electron chi connectivity index (χ2n) is 14.4. The highest BCUT2D eigenvalue weighted by molar-refractivity contribution is 7.94. The topological polar surface area (TPSA) is 112 Å². The number of pyridine rings is 1. The molecule has 1 aromatic heterocycles. The Morgan fingerprint density at radius 2 is 1.64 bits per heavy atom. The summed E-state index contributed by atoms with van der Waals surface area (Å²) in [6.45, 7) is 12.9. The van der Waals surface area contributed by atoms with Gasteiger partial charge in [-0.15, -0.1) is 0 Å². The van der Waals surface area contributed by atoms with Crippen molar-refractivity contribution in [2.24, 2.45) is 5.92 Å². The number of nitrogens with one attached hydrogen (secondary N) is 2. The van der Waals surface area contributed by atoms with Crippen molar-refractivity contribution in [1.29, 1.82) is 0 Å². The van der Waals surface area contributed by atoms with Gasteiger partial charge in [-0.1, -0.05) is 48.5 Å². The fourth-order valence-electron chi connectivity index (χ4n) is 7.65. The monoisotopic (exact) mass is 736 g/mol. The summed E-state index contributed by atoms with van der Waals surface area (Å²) < 4.78 is 31.1. The Bertz CT molecular complexity index is 2080. The lowest BCUT2D eigenvalue weighted by Gasteiger charge is -2.37. The molecule has 2 N–H and O–H groups in total. The van der Waals surface area contributed by atoms with Crippen LogP contribution in [0.15, 0.2) is 94.0 Å². The van der Waals surface area contributed by atoms with Crippen LogP contribution in [-0.4, -0.2) is 63.1 Å². The third-order valence-electron chi connectivity index (χ3n) is 10.8. The standard InChI is InChI=1S/C43H52N4O5S/c1-5-47(37-17-22-52-23-18-37)41-27-36(26-39(32(41)4)42(48)44-28-40-30(2)25-31(3)45-43(40)49)35-13-11-34(12-14-35)29-46-20-15-33(16-21-46)19-24-53(50,51)38-9-7-6-8-10-38/h6-14,19,24-27,33,37H,5,15-18,20-23,28-29H2,1-4H3,(H,44,48)(H,45,49)/b24-19+. The molecule has 1 amide bonds. The van der Waals surface area contributed by atoms with Crippen LogP contribution in [0.5, 0.6) is 0 Å². The molecule has 6 rings (SSSR count). The van der Waals surface area contributed by atoms with Crippen LogP contribution in [0.3, 0.4) is 0 Å². The molecule has 0 radical (unpaired) electrons. The number of piperidine rings is 1. The van der Waals surface area contributed by atoms with Gasteiger partial charge in [0.1, 0.15) is 0 Å². The molecule has 0 atom stereocenters. The Morgan fingerprint density at radius 3 is 2.30 bits per heavy atom. The van der Waals surface area contributed by atoms with E-state index in [-0.39, 0.29) is 23.9 Å². The summed E-state index contributed by atoms with van der Waals surface area (Å²) >= 11 is 0. The number of carbonyl (C=O) groups is 1. The van der Waals surface area contributed by atoms with Crippen LogP contribution in [-0.2, 0) is 27.7 Å². The number of hydrogen-bond acceptors (Lipinski definition) is 7. The molecule has 0 bridgehead atoms. The van der Waals surface area contributed by atoms with Crippen molar-refractivity contribution in [3.8, 4) is 11.1 Å². The fraction of sp³-hybridized carbons (Fsp3) is 0.395. The molecule has 2 fully saturated rings. The predicted molar refractivity (Wildman–Crippen MR) is 212 cm³/mol. The number of benzene rings is 3. The maximum Gasteiger partial charge on any atom is 0.253 e. The number of rotatable bonds is 12. The third kappa shape index (κ3) is 9.36. The van der Waals surface area contributed by atoms with Crippen molar-refractivity contribution in [2.75, 3.05) is 37.7 Å². The molecule has 0 spiro atoms. The van der Waals surface area contributed by atoms with Crippen molar-refractivity contribution in [1.82, 2.24) is 15.2 Å². The molecule has 9 nitrogen and oxygen atoms in total. The van der Waals surface area contributed by atoms with Gasteiger partial charge in [0.2, 0.25) is 0 Å². The van der Waals surface area contributed by atoms with E-state index in [1.54, 1.807) is 24.3 Å². The van der Waals surface area contributed by atoms with E-state index in [1.165, 1.54) is 11.0 Å². The Morgan fingerprint density at radius 1 is 0.943 bits per heavy atom. The molecule has 0 aliphatic carbocycles. The molecule has 10 heteroatoms. The van der Waals surface area contributed by atoms with Crippen molar-refractivity contribution in [3.05, 3.63) is 128 Å². The predicted octanol–water partition coefficient (Wildman–Crippen LogP) is 7.10. The van der Waals surface area contributed by atoms with Crippen molar-refractivity contribution in [3.63, 3.8) is 0 Å². The van der Waals surface area contributed by atoms with Crippen molar-refractivity contribution >= 4 is 21.4 Å². The molecule has 3 heterocycles. The zero-order valence-corrected chi connectivity index (χ0v) is 32.2. The first-order chi connectivity index (χ1) is 25.5. The Hall–Kier alpha value is -4.51. The number of amides is 1. The Kier molecular flexibility index (Phi) is 12.3. The zero-order valence-electron chi connectivity index (χ0n) is 31.4. The number of sulfone groups is 1. The minimum absolute atomic E-state index is 0.145. The van der Waals surface area contributed by atoms with Gasteiger partial charge < -0.3 is 19.9 Å². The van der Waals surface area contributed by atoms with Gasteiger partial charge >= 0.3 is 0 Å². The number of aryl methyl sites for hydroxylation is 2. The zero-order chi connectivity index (χ0) is 37.5. The number of hydrogen-bond donors (Lipinski definition) is 2. The van der Waals surface area contributed by atoms with Crippen molar-refractivity contribution in [2.45, 2.75) is 77.4 Å². The lowest BCUT2D eigenvalue weighted by atomic mass is 9.94. The summed E-state index contributed by atoms with van der Waals surface area (Å²) in [5.41, 5.74) is 7.79. The van der Waals surface area contributed by atoms with E-state index in [2.05, 4.69) is 57.4 Å². The molecule has 53 heavy (non-hydrogen) atoms. The summed E-state index contributed by atoms with van der Waals surface area (Å²) in [5, 5.41) is 4.42. The Labute approximate surface area is 314 Å². The molecule has 2 aliphatic rings. The first kappa shape index (κ1) is 38.2. The molecule has 3 aromatic carbocycles. The van der Waals surface area contributed by atoms with Crippen LogP contribution in [0.4, 0.5) is 5.69 Å². The largest absolute Gasteiger partial charge is 0.381 e. The lowest BCUT2D eigenvalue weighted by Crippen LogP contribution is -2.40. The number of anilines is 1. The van der Waals surface area contributed by atoms with Gasteiger partial charge in [-0.3, -0.25) is 14.5 Å². The van der Waals surface area contributed by atoms with Crippen molar-refractivity contribution < 1.29 is 17.9 Å². The van der Waals surface area contributed by atoms with Crippen LogP contribution in [0, 0.1) is 26.7 Å². The smallest absolute Gasteiger partial charge is 0.253 e. The summed E-state index contributed by atoms with van der Waals surface area (Å²) in [5.74, 6) is 0.0280. The first-order valence-electron chi connectivity index (χ1n) is 18.8. The van der Waals surface area contributed by atoms with Gasteiger partial charge in [0.05, 0.1) is 4.90 Å². The highest BCUT2D eigenvalue weighted by atomic mass is 32.2. The molecular formula is C43H52N4O5S. The van der Waals surface area contributed by atoms with E-state index in [0.29, 0.717) is 22.1 Å². The second-order valence-corrected chi connectivity index (χ2v) is 16.3. The van der Waals surface area contributed by atoms with Gasteiger partial charge in [0.15, 0.2) is 9.84 Å². The molecular weight excluding hydrogens is 685 g/mol. The summed E-state index contributed by atoms with van der Waals surface area (Å²) in [6.07, 6.45) is 5.56. The number of allylic oxidation sites excluding steroid dienone is 1. The number of aromatic amines is 1. The van der Waals surface area contributed by atoms with Gasteiger partial charge in [-0.2, -0.15) is 0 Å². The molecule has 0 saturated carbocycles. The minimum atomic E-state index is -3.43. The fourth-order valence-corrected chi connectivity index (χ4v) is 8.78. The lowest BCUT2D eigenvalue weighted by molar-refractivity contribution is 0.0846. The van der Waals surface area contributed by atoms with Gasteiger partial charge in [-0.05, 0) is 131 Å². The number of ether oxygens (including phenoxy) is 1. The average molecular weight is 737 g/mol. The van der Waals surface area contributed by atoms with Crippen LogP contribution in [0.1, 0.15) is 70.9 Å². The Balaban J connectivity index is 1.18. The van der Waals surface area contributed by atoms with Gasteiger partial charge in [-0.25, -0.2) is 8.42 Å². The quantitative estimate of drug-likeness (QED) is 0.160. The number of H-pyrrole nitrogens is 1. The van der Waals surface area contributed by atoms with E-state index in [1.807, 2.05) is 45.0 Å². The van der Waals surface area contributed by atoms with E-state index < -0.39 is 9.84 Å². The van der Waals surface area contributed by atoms with E-state index >= 15 is 0 Å². The highest BCUT2D eigenvalue weighted by Crippen LogP contribution is 2.34. The summed E-state index contributed by atoms with van der Waals surface area (Å²) in [7, 11) is -3.43. The number of nitrogens with zero attached hydrogens (tertiary/aromatic N) is 2. The molecule has 280 valence electrons. The SMILES string of the molecule is CCN(c1cc(-c2ccc(CN3CCC(/C=C/S(=O)(=O)c4ccccc4)CC3)cc2)cc(C(=O)NCc2c(C)cc(C)[nH]c2=O)c1C)C1CCOCC1. The third-order valence-corrected chi connectivity index (χ3v) is 12.2. The van der Waals surface area contributed by atoms with Crippen LogP contribution in [0.2, 0.25) is 0 Å². The van der Waals surface area contributed by atoms with Gasteiger partial charge in [0, 0.05) is 66.8 Å². The minimum Gasteiger partial charge on any atom is -0.381 e. The maximum atomic E-state index is 13.9. The number of aromatic nitrogens is 1. The highest BCUT2D eigenvalue weighted by Gasteiger charge is 2.25. The first-order valence-corrected chi connectivity index (χ1v) is 20.3. The van der Waals surface area contributed by atoms with Crippen LogP contribution >= 0.6 is 0 Å². The normalized spacial score (nSPS) is 16.2.